The number of anilines is 1. The van der Waals surface area contributed by atoms with Crippen LogP contribution in [-0.4, -0.2) is 96.3 Å². The summed E-state index contributed by atoms with van der Waals surface area (Å²) in [5.74, 6) is -11.0. The second-order valence-corrected chi connectivity index (χ2v) is 11.6. The highest BCUT2D eigenvalue weighted by Gasteiger charge is 2.69. The lowest BCUT2D eigenvalue weighted by atomic mass is 9.52. The molecule has 2 fully saturated rings. The molecule has 3 aliphatic carbocycles. The van der Waals surface area contributed by atoms with Crippen molar-refractivity contribution in [3.8, 4) is 16.9 Å². The number of nitrogens with zero attached hydrogens (tertiary/aromatic N) is 1. The van der Waals surface area contributed by atoms with Crippen LogP contribution in [0.1, 0.15) is 22.3 Å². The van der Waals surface area contributed by atoms with Gasteiger partial charge in [0.2, 0.25) is 5.91 Å². The lowest BCUT2D eigenvalue weighted by Crippen LogP contribution is -2.74. The van der Waals surface area contributed by atoms with E-state index in [1.807, 2.05) is 0 Å². The van der Waals surface area contributed by atoms with E-state index >= 15 is 0 Å². The Morgan fingerprint density at radius 2 is 1.73 bits per heavy atom. The Bertz CT molecular complexity index is 1570. The van der Waals surface area contributed by atoms with Gasteiger partial charge in [0.25, 0.3) is 0 Å². The van der Waals surface area contributed by atoms with Gasteiger partial charge in [0.05, 0.1) is 24.1 Å². The molecule has 0 bridgehead atoms. The normalized spacial score (nSPS) is 27.8. The first-order valence-electron chi connectivity index (χ1n) is 14.1. The minimum atomic E-state index is -2.78. The number of rotatable bonds is 7. The molecule has 5 N–H and O–H groups in total. The molecule has 44 heavy (non-hydrogen) atoms. The van der Waals surface area contributed by atoms with Gasteiger partial charge < -0.3 is 25.4 Å². The third-order valence-corrected chi connectivity index (χ3v) is 8.91. The number of fused-ring (bicyclic) bond motifs is 3. The van der Waals surface area contributed by atoms with Crippen LogP contribution in [0.2, 0.25) is 0 Å². The van der Waals surface area contributed by atoms with Crippen molar-refractivity contribution >= 4 is 40.8 Å². The zero-order valence-electron chi connectivity index (χ0n) is 24.4. The fourth-order valence-electron chi connectivity index (χ4n) is 6.98. The zero-order valence-corrected chi connectivity index (χ0v) is 24.4. The fraction of sp³-hybridized carbons (Fsp3) is 0.419. The van der Waals surface area contributed by atoms with Gasteiger partial charge in [-0.2, -0.15) is 0 Å². The second-order valence-electron chi connectivity index (χ2n) is 11.6. The number of Topliss-reactive ketones (excluding diaryl/α,β-unsaturated/α-hetero) is 4. The summed E-state index contributed by atoms with van der Waals surface area (Å²) in [6.45, 7) is 0.335. The first-order chi connectivity index (χ1) is 20.8. The van der Waals surface area contributed by atoms with E-state index in [9.17, 15) is 39.0 Å². The van der Waals surface area contributed by atoms with Crippen LogP contribution in [0, 0.1) is 23.7 Å². The number of amides is 2. The molecule has 0 aromatic heterocycles. The minimum Gasteiger partial charge on any atom is -0.507 e. The molecule has 6 atom stereocenters. The van der Waals surface area contributed by atoms with Crippen molar-refractivity contribution in [2.24, 2.45) is 29.4 Å². The molecule has 5 rings (SSSR count). The molecule has 0 spiro atoms. The maximum Gasteiger partial charge on any atom is 0.411 e. The number of carbonyl (C=O) groups is 6. The Hall–Kier alpha value is -4.46. The average molecular weight is 608 g/mol. The Kier molecular flexibility index (Phi) is 8.14. The largest absolute Gasteiger partial charge is 0.507 e. The summed E-state index contributed by atoms with van der Waals surface area (Å²) in [5, 5.41) is 25.1. The summed E-state index contributed by atoms with van der Waals surface area (Å²) in [6, 6.07) is 8.48. The summed E-state index contributed by atoms with van der Waals surface area (Å²) in [6.07, 6.45) is -0.581. The topological polar surface area (TPSA) is 203 Å². The SMILES string of the molecule is COCCOC(=O)Nc1ccc(-c2ccc(O)c3c2C[C@@H]2C[C@@H]4[C@@H](N(C)C)C(=O)C(C(N)=O)C(=O)[C@]4(O)C(=O)C2C3=O)cc1. The summed E-state index contributed by atoms with van der Waals surface area (Å²) in [4.78, 5) is 80.1. The predicted molar refractivity (Wildman–Crippen MR) is 154 cm³/mol. The molecule has 0 saturated heterocycles. The van der Waals surface area contributed by atoms with E-state index < -0.39 is 70.4 Å². The predicted octanol–water partition coefficient (Wildman–Crippen LogP) is 0.729. The monoisotopic (exact) mass is 607 g/mol. The van der Waals surface area contributed by atoms with Crippen LogP contribution in [0.3, 0.4) is 0 Å². The maximum atomic E-state index is 14.0. The van der Waals surface area contributed by atoms with Gasteiger partial charge in [-0.25, -0.2) is 4.79 Å². The molecule has 0 aliphatic heterocycles. The molecule has 0 heterocycles. The molecule has 3 aliphatic rings. The van der Waals surface area contributed by atoms with Crippen molar-refractivity contribution in [1.29, 1.82) is 0 Å². The number of aromatic hydroxyl groups is 1. The number of aliphatic hydroxyl groups is 1. The molecular weight excluding hydrogens is 574 g/mol. The van der Waals surface area contributed by atoms with Crippen molar-refractivity contribution in [2.75, 3.05) is 39.7 Å². The van der Waals surface area contributed by atoms with Crippen LogP contribution in [0.15, 0.2) is 36.4 Å². The van der Waals surface area contributed by atoms with Gasteiger partial charge in [-0.15, -0.1) is 0 Å². The molecule has 2 saturated carbocycles. The van der Waals surface area contributed by atoms with Gasteiger partial charge in [-0.1, -0.05) is 18.2 Å². The zero-order chi connectivity index (χ0) is 32.1. The number of primary amides is 1. The van der Waals surface area contributed by atoms with Crippen molar-refractivity contribution in [3.63, 3.8) is 0 Å². The van der Waals surface area contributed by atoms with Crippen LogP contribution in [0.25, 0.3) is 11.1 Å². The van der Waals surface area contributed by atoms with Gasteiger partial charge in [0, 0.05) is 18.7 Å². The van der Waals surface area contributed by atoms with E-state index in [0.29, 0.717) is 22.4 Å². The fourth-order valence-corrected chi connectivity index (χ4v) is 6.98. The Labute approximate surface area is 252 Å². The number of phenolic OH excluding ortho intramolecular Hbond substituents is 1. The van der Waals surface area contributed by atoms with E-state index in [-0.39, 0.29) is 37.4 Å². The molecule has 0 radical (unpaired) electrons. The number of hydrogen-bond acceptors (Lipinski definition) is 11. The molecule has 2 amide bonds. The highest BCUT2D eigenvalue weighted by molar-refractivity contribution is 6.32. The third-order valence-electron chi connectivity index (χ3n) is 8.91. The van der Waals surface area contributed by atoms with E-state index in [1.54, 1.807) is 30.3 Å². The number of nitrogens with one attached hydrogen (secondary N) is 1. The average Bonchev–Trinajstić information content (AvgIpc) is 2.95. The summed E-state index contributed by atoms with van der Waals surface area (Å²) in [5.41, 5.74) is 4.65. The highest BCUT2D eigenvalue weighted by Crippen LogP contribution is 2.51. The Morgan fingerprint density at radius 3 is 2.34 bits per heavy atom. The van der Waals surface area contributed by atoms with Crippen LogP contribution < -0.4 is 11.1 Å². The molecule has 2 aromatic carbocycles. The number of hydrogen-bond donors (Lipinski definition) is 4. The summed E-state index contributed by atoms with van der Waals surface area (Å²) in [7, 11) is 4.55. The molecule has 2 unspecified atom stereocenters. The molecular formula is C31H33N3O10. The van der Waals surface area contributed by atoms with Crippen molar-refractivity contribution in [1.82, 2.24) is 4.90 Å². The molecule has 13 heteroatoms. The number of carbonyl (C=O) groups excluding carboxylic acids is 6. The van der Waals surface area contributed by atoms with E-state index in [4.69, 9.17) is 15.2 Å². The maximum absolute atomic E-state index is 14.0. The van der Waals surface area contributed by atoms with Gasteiger partial charge in [0.1, 0.15) is 12.4 Å². The summed E-state index contributed by atoms with van der Waals surface area (Å²) >= 11 is 0. The standard InChI is InChI=1S/C31H33N3O10/c1-34(2)24-19-13-15-12-18-17(14-4-6-16(7-5-14)33-30(41)44-11-10-43-3)8-9-20(35)22(18)25(36)21(15)27(38)31(19,42)28(39)23(26(24)37)29(32)40/h4-9,15,19,21,23-24,35,42H,10-13H2,1-3H3,(H2,32,40)(H,33,41)/t15-,19-,21?,23?,24-,31-/m1/s1. The van der Waals surface area contributed by atoms with Crippen molar-refractivity contribution in [3.05, 3.63) is 47.5 Å². The number of ether oxygens (including phenoxy) is 2. The van der Waals surface area contributed by atoms with Gasteiger partial charge in [-0.05, 0) is 67.7 Å². The number of benzene rings is 2. The summed E-state index contributed by atoms with van der Waals surface area (Å²) < 4.78 is 9.85. The van der Waals surface area contributed by atoms with Crippen LogP contribution >= 0.6 is 0 Å². The van der Waals surface area contributed by atoms with E-state index in [2.05, 4.69) is 5.32 Å². The lowest BCUT2D eigenvalue weighted by Gasteiger charge is -2.52. The number of phenols is 1. The Morgan fingerprint density at radius 1 is 1.05 bits per heavy atom. The first kappa shape index (κ1) is 31.0. The van der Waals surface area contributed by atoms with Crippen LogP contribution in [-0.2, 0) is 35.1 Å². The van der Waals surface area contributed by atoms with Gasteiger partial charge in [0.15, 0.2) is 34.7 Å². The van der Waals surface area contributed by atoms with Crippen molar-refractivity contribution in [2.45, 2.75) is 24.5 Å². The third kappa shape index (κ3) is 4.86. The smallest absolute Gasteiger partial charge is 0.411 e. The minimum absolute atomic E-state index is 0.0486. The Balaban J connectivity index is 1.51. The number of methoxy groups -OCH3 is 1. The second kappa shape index (κ2) is 11.6. The quantitative estimate of drug-likeness (QED) is 0.255. The molecule has 13 nitrogen and oxygen atoms in total. The number of nitrogens with two attached hydrogens (primary N) is 1. The lowest BCUT2D eigenvalue weighted by molar-refractivity contribution is -0.181. The highest BCUT2D eigenvalue weighted by atomic mass is 16.6. The van der Waals surface area contributed by atoms with Crippen LogP contribution in [0.4, 0.5) is 10.5 Å². The molecule has 232 valence electrons. The van der Waals surface area contributed by atoms with Crippen molar-refractivity contribution < 1.29 is 48.5 Å². The first-order valence-corrected chi connectivity index (χ1v) is 14.1. The van der Waals surface area contributed by atoms with E-state index in [0.717, 1.165) is 0 Å². The number of likely N-dealkylation sites (N-methyl/N-ethyl adjacent to an activating group) is 1. The van der Waals surface area contributed by atoms with Gasteiger partial charge >= 0.3 is 6.09 Å². The van der Waals surface area contributed by atoms with Crippen LogP contribution in [0.5, 0.6) is 5.75 Å². The molecule has 2 aromatic rings. The van der Waals surface area contributed by atoms with E-state index in [1.165, 1.54) is 32.2 Å². The number of ketones is 4. The van der Waals surface area contributed by atoms with Gasteiger partial charge in [-0.3, -0.25) is 34.2 Å².